The number of sulfonamides is 1. The zero-order chi connectivity index (χ0) is 18.6. The van der Waals surface area contributed by atoms with Gasteiger partial charge in [-0.15, -0.1) is 0 Å². The van der Waals surface area contributed by atoms with Gasteiger partial charge in [0.2, 0.25) is 15.9 Å². The number of hydrogen-bond acceptors (Lipinski definition) is 5. The molecular formula is C17H23N3O5S. The molecule has 1 aromatic rings. The van der Waals surface area contributed by atoms with E-state index in [1.807, 2.05) is 0 Å². The minimum atomic E-state index is -3.58. The van der Waals surface area contributed by atoms with Crippen molar-refractivity contribution in [1.29, 1.82) is 0 Å². The fourth-order valence-electron chi connectivity index (χ4n) is 3.05. The lowest BCUT2D eigenvalue weighted by Crippen LogP contribution is -2.40. The van der Waals surface area contributed by atoms with E-state index in [0.717, 1.165) is 25.9 Å². The van der Waals surface area contributed by atoms with Crippen molar-refractivity contribution in [3.8, 4) is 0 Å². The molecule has 2 amide bonds. The van der Waals surface area contributed by atoms with Crippen molar-refractivity contribution in [3.63, 3.8) is 0 Å². The van der Waals surface area contributed by atoms with Gasteiger partial charge in [-0.05, 0) is 37.1 Å². The maximum Gasteiger partial charge on any atom is 0.251 e. The highest BCUT2D eigenvalue weighted by Gasteiger charge is 2.26. The van der Waals surface area contributed by atoms with Gasteiger partial charge in [0, 0.05) is 31.7 Å². The van der Waals surface area contributed by atoms with Crippen LogP contribution < -0.4 is 5.32 Å². The van der Waals surface area contributed by atoms with E-state index in [-0.39, 0.29) is 17.3 Å². The van der Waals surface area contributed by atoms with Gasteiger partial charge >= 0.3 is 0 Å². The number of rotatable bonds is 5. The summed E-state index contributed by atoms with van der Waals surface area (Å²) < 4.78 is 31.6. The summed E-state index contributed by atoms with van der Waals surface area (Å²) in [6.45, 7) is 2.83. The number of ether oxygens (including phenoxy) is 1. The molecule has 9 heteroatoms. The number of nitrogens with zero attached hydrogens (tertiary/aromatic N) is 2. The van der Waals surface area contributed by atoms with E-state index in [0.29, 0.717) is 31.9 Å². The predicted molar refractivity (Wildman–Crippen MR) is 94.2 cm³/mol. The molecular weight excluding hydrogens is 358 g/mol. The number of nitrogens with one attached hydrogen (secondary N) is 1. The fraction of sp³-hybridized carbons (Fsp3) is 0.529. The maximum absolute atomic E-state index is 12.6. The maximum atomic E-state index is 12.6. The van der Waals surface area contributed by atoms with Crippen LogP contribution in [-0.2, 0) is 19.6 Å². The Balaban J connectivity index is 1.59. The second kappa shape index (κ2) is 8.15. The Hall–Kier alpha value is -1.97. The van der Waals surface area contributed by atoms with E-state index in [2.05, 4.69) is 5.32 Å². The Morgan fingerprint density at radius 2 is 1.62 bits per heavy atom. The molecule has 8 nitrogen and oxygen atoms in total. The summed E-state index contributed by atoms with van der Waals surface area (Å²) in [4.78, 5) is 26.0. The molecule has 2 heterocycles. The first-order valence-electron chi connectivity index (χ1n) is 8.72. The molecule has 0 bridgehead atoms. The van der Waals surface area contributed by atoms with Crippen LogP contribution in [0.4, 0.5) is 0 Å². The Bertz CT molecular complexity index is 751. The van der Waals surface area contributed by atoms with Crippen LogP contribution in [0, 0.1) is 0 Å². The van der Waals surface area contributed by atoms with Crippen LogP contribution in [0.1, 0.15) is 23.2 Å². The molecule has 2 saturated heterocycles. The molecule has 0 saturated carbocycles. The van der Waals surface area contributed by atoms with Crippen molar-refractivity contribution in [2.75, 3.05) is 45.9 Å². The third kappa shape index (κ3) is 4.22. The number of carbonyl (C=O) groups excluding carboxylic acids is 2. The second-order valence-corrected chi connectivity index (χ2v) is 8.25. The number of likely N-dealkylation sites (tertiary alicyclic amines) is 1. The summed E-state index contributed by atoms with van der Waals surface area (Å²) >= 11 is 0. The first kappa shape index (κ1) is 18.8. The SMILES string of the molecule is O=C(NCC(=O)N1CCCC1)c1ccc(S(=O)(=O)N2CCOCC2)cc1. The standard InChI is InChI=1S/C17H23N3O5S/c21-16(19-7-1-2-8-19)13-18-17(22)14-3-5-15(6-4-14)26(23,24)20-9-11-25-12-10-20/h3-6H,1-2,7-13H2,(H,18,22). The van der Waals surface area contributed by atoms with E-state index in [4.69, 9.17) is 4.74 Å². The fourth-order valence-corrected chi connectivity index (χ4v) is 4.46. The topological polar surface area (TPSA) is 96.0 Å². The molecule has 0 unspecified atom stereocenters. The van der Waals surface area contributed by atoms with E-state index >= 15 is 0 Å². The highest BCUT2D eigenvalue weighted by molar-refractivity contribution is 7.89. The van der Waals surface area contributed by atoms with Crippen LogP contribution in [0.25, 0.3) is 0 Å². The van der Waals surface area contributed by atoms with Gasteiger partial charge in [0.25, 0.3) is 5.91 Å². The normalized spacial score (nSPS) is 18.7. The molecule has 0 radical (unpaired) electrons. The number of morpholine rings is 1. The van der Waals surface area contributed by atoms with Gasteiger partial charge in [-0.25, -0.2) is 8.42 Å². The summed E-state index contributed by atoms with van der Waals surface area (Å²) in [5, 5.41) is 2.59. The largest absolute Gasteiger partial charge is 0.379 e. The summed E-state index contributed by atoms with van der Waals surface area (Å²) in [6.07, 6.45) is 2.00. The molecule has 0 aliphatic carbocycles. The first-order valence-corrected chi connectivity index (χ1v) is 10.2. The lowest BCUT2D eigenvalue weighted by molar-refractivity contribution is -0.129. The van der Waals surface area contributed by atoms with Crippen molar-refractivity contribution in [2.45, 2.75) is 17.7 Å². The highest BCUT2D eigenvalue weighted by Crippen LogP contribution is 2.17. The van der Waals surface area contributed by atoms with Gasteiger partial charge in [-0.3, -0.25) is 9.59 Å². The summed E-state index contributed by atoms with van der Waals surface area (Å²) in [6, 6.07) is 5.76. The quantitative estimate of drug-likeness (QED) is 0.778. The number of amides is 2. The Morgan fingerprint density at radius 3 is 2.23 bits per heavy atom. The molecule has 2 aliphatic heterocycles. The Morgan fingerprint density at radius 1 is 1.00 bits per heavy atom. The highest BCUT2D eigenvalue weighted by atomic mass is 32.2. The third-order valence-corrected chi connectivity index (χ3v) is 6.50. The average Bonchev–Trinajstić information content (AvgIpc) is 3.21. The van der Waals surface area contributed by atoms with Crippen molar-refractivity contribution in [2.24, 2.45) is 0 Å². The van der Waals surface area contributed by atoms with Crippen LogP contribution in [0.15, 0.2) is 29.2 Å². The van der Waals surface area contributed by atoms with E-state index < -0.39 is 15.9 Å². The molecule has 1 N–H and O–H groups in total. The lowest BCUT2D eigenvalue weighted by atomic mass is 10.2. The Labute approximate surface area is 153 Å². The molecule has 0 spiro atoms. The first-order chi connectivity index (χ1) is 12.5. The van der Waals surface area contributed by atoms with Crippen LogP contribution in [0.5, 0.6) is 0 Å². The zero-order valence-corrected chi connectivity index (χ0v) is 15.3. The molecule has 0 atom stereocenters. The van der Waals surface area contributed by atoms with Crippen LogP contribution >= 0.6 is 0 Å². The minimum absolute atomic E-state index is 0.0489. The van der Waals surface area contributed by atoms with Crippen LogP contribution in [0.2, 0.25) is 0 Å². The van der Waals surface area contributed by atoms with Gasteiger partial charge in [0.05, 0.1) is 24.7 Å². The summed E-state index contributed by atoms with van der Waals surface area (Å²) in [5.74, 6) is -0.491. The number of carbonyl (C=O) groups is 2. The van der Waals surface area contributed by atoms with Gasteiger partial charge in [0.1, 0.15) is 0 Å². The molecule has 142 valence electrons. The molecule has 2 fully saturated rings. The number of hydrogen-bond donors (Lipinski definition) is 1. The predicted octanol–water partition coefficient (Wildman–Crippen LogP) is 0.0597. The monoisotopic (exact) mass is 381 g/mol. The minimum Gasteiger partial charge on any atom is -0.379 e. The molecule has 0 aromatic heterocycles. The average molecular weight is 381 g/mol. The summed E-state index contributed by atoms with van der Waals surface area (Å²) in [7, 11) is -3.58. The molecule has 3 rings (SSSR count). The third-order valence-electron chi connectivity index (χ3n) is 4.58. The van der Waals surface area contributed by atoms with Crippen LogP contribution in [-0.4, -0.2) is 75.4 Å². The van der Waals surface area contributed by atoms with Crippen molar-refractivity contribution < 1.29 is 22.7 Å². The number of benzene rings is 1. The van der Waals surface area contributed by atoms with E-state index in [1.165, 1.54) is 28.6 Å². The van der Waals surface area contributed by atoms with Crippen molar-refractivity contribution in [1.82, 2.24) is 14.5 Å². The smallest absolute Gasteiger partial charge is 0.251 e. The Kier molecular flexibility index (Phi) is 5.90. The van der Waals surface area contributed by atoms with Gasteiger partial charge in [0.15, 0.2) is 0 Å². The van der Waals surface area contributed by atoms with Crippen molar-refractivity contribution >= 4 is 21.8 Å². The van der Waals surface area contributed by atoms with Gasteiger partial charge in [-0.1, -0.05) is 0 Å². The van der Waals surface area contributed by atoms with Gasteiger partial charge < -0.3 is 15.0 Å². The molecule has 2 aliphatic rings. The van der Waals surface area contributed by atoms with Crippen molar-refractivity contribution in [3.05, 3.63) is 29.8 Å². The second-order valence-electron chi connectivity index (χ2n) is 6.31. The van der Waals surface area contributed by atoms with Crippen LogP contribution in [0.3, 0.4) is 0 Å². The lowest BCUT2D eigenvalue weighted by Gasteiger charge is -2.26. The van der Waals surface area contributed by atoms with Gasteiger partial charge in [-0.2, -0.15) is 4.31 Å². The molecule has 1 aromatic carbocycles. The van der Waals surface area contributed by atoms with E-state index in [9.17, 15) is 18.0 Å². The molecule has 26 heavy (non-hydrogen) atoms. The summed E-state index contributed by atoms with van der Waals surface area (Å²) in [5.41, 5.74) is 0.320. The zero-order valence-electron chi connectivity index (χ0n) is 14.5. The van der Waals surface area contributed by atoms with E-state index in [1.54, 1.807) is 4.90 Å².